The number of nitrogens with zero attached hydrogens (tertiary/aromatic N) is 2. The van der Waals surface area contributed by atoms with E-state index in [1.54, 1.807) is 0 Å². The fourth-order valence-electron chi connectivity index (χ4n) is 4.12. The highest BCUT2D eigenvalue weighted by Crippen LogP contribution is 2.22. The minimum atomic E-state index is -0.0232. The van der Waals surface area contributed by atoms with Crippen molar-refractivity contribution in [3.05, 3.63) is 101 Å². The van der Waals surface area contributed by atoms with E-state index in [9.17, 15) is 4.79 Å². The van der Waals surface area contributed by atoms with Gasteiger partial charge in [-0.1, -0.05) is 67.9 Å². The molecule has 4 heteroatoms. The van der Waals surface area contributed by atoms with Gasteiger partial charge in [-0.05, 0) is 61.1 Å². The van der Waals surface area contributed by atoms with Gasteiger partial charge in [0.05, 0.1) is 11.0 Å². The summed E-state index contributed by atoms with van der Waals surface area (Å²) in [5, 5.41) is 3.04. The molecule has 0 radical (unpaired) electrons. The van der Waals surface area contributed by atoms with Crippen molar-refractivity contribution < 1.29 is 4.79 Å². The maximum absolute atomic E-state index is 12.4. The summed E-state index contributed by atoms with van der Waals surface area (Å²) in [6.45, 7) is 7.94. The molecule has 0 aliphatic rings. The van der Waals surface area contributed by atoms with Crippen LogP contribution in [0.5, 0.6) is 0 Å². The van der Waals surface area contributed by atoms with Gasteiger partial charge in [0, 0.05) is 25.1 Å². The van der Waals surface area contributed by atoms with Gasteiger partial charge < -0.3 is 9.88 Å². The summed E-state index contributed by atoms with van der Waals surface area (Å²) in [5.41, 5.74) is 6.70. The predicted molar refractivity (Wildman–Crippen MR) is 136 cm³/mol. The van der Waals surface area contributed by atoms with Crippen molar-refractivity contribution >= 4 is 16.9 Å². The van der Waals surface area contributed by atoms with Crippen LogP contribution in [0.3, 0.4) is 0 Å². The van der Waals surface area contributed by atoms with Crippen molar-refractivity contribution in [2.24, 2.45) is 0 Å². The Morgan fingerprint density at radius 1 is 1.00 bits per heavy atom. The Kier molecular flexibility index (Phi) is 7.23. The molecule has 4 aromatic rings. The van der Waals surface area contributed by atoms with E-state index in [-0.39, 0.29) is 5.91 Å². The van der Waals surface area contributed by atoms with E-state index in [2.05, 4.69) is 66.2 Å². The number of carbonyl (C=O) groups excluding carboxylic acids is 1. The maximum atomic E-state index is 12.4. The molecule has 1 amide bonds. The number of amides is 1. The first-order chi connectivity index (χ1) is 16.0. The van der Waals surface area contributed by atoms with Gasteiger partial charge >= 0.3 is 0 Å². The average molecular weight is 440 g/mol. The molecular formula is C29H33N3O. The smallest absolute Gasteiger partial charge is 0.251 e. The van der Waals surface area contributed by atoms with Crippen molar-refractivity contribution in [1.82, 2.24) is 14.9 Å². The van der Waals surface area contributed by atoms with Crippen molar-refractivity contribution in [3.8, 4) is 0 Å². The van der Waals surface area contributed by atoms with Crippen LogP contribution >= 0.6 is 0 Å². The minimum Gasteiger partial charge on any atom is -0.352 e. The first kappa shape index (κ1) is 22.8. The van der Waals surface area contributed by atoms with Crippen molar-refractivity contribution in [1.29, 1.82) is 0 Å². The molecule has 3 aromatic carbocycles. The lowest BCUT2D eigenvalue weighted by Gasteiger charge is -2.12. The number of imidazole rings is 1. The molecule has 0 fully saturated rings. The van der Waals surface area contributed by atoms with E-state index < -0.39 is 0 Å². The van der Waals surface area contributed by atoms with Gasteiger partial charge in [0.2, 0.25) is 0 Å². The number of para-hydroxylation sites is 2. The molecule has 1 aromatic heterocycles. The Morgan fingerprint density at radius 3 is 2.45 bits per heavy atom. The lowest BCUT2D eigenvalue weighted by molar-refractivity contribution is 0.0953. The molecule has 0 saturated carbocycles. The Hall–Kier alpha value is -3.40. The van der Waals surface area contributed by atoms with Gasteiger partial charge in [-0.2, -0.15) is 0 Å². The second-order valence-electron chi connectivity index (χ2n) is 8.88. The van der Waals surface area contributed by atoms with E-state index in [1.807, 2.05) is 37.3 Å². The van der Waals surface area contributed by atoms with E-state index in [0.29, 0.717) is 18.0 Å². The zero-order valence-electron chi connectivity index (χ0n) is 19.8. The topological polar surface area (TPSA) is 46.9 Å². The molecule has 0 saturated heterocycles. The molecule has 33 heavy (non-hydrogen) atoms. The fourth-order valence-corrected chi connectivity index (χ4v) is 4.12. The highest BCUT2D eigenvalue weighted by atomic mass is 16.1. The Labute approximate surface area is 196 Å². The first-order valence-corrected chi connectivity index (χ1v) is 11.9. The second-order valence-corrected chi connectivity index (χ2v) is 8.88. The van der Waals surface area contributed by atoms with Crippen LogP contribution in [0.25, 0.3) is 11.0 Å². The third-order valence-electron chi connectivity index (χ3n) is 6.41. The number of benzene rings is 3. The average Bonchev–Trinajstić information content (AvgIpc) is 3.19. The zero-order valence-corrected chi connectivity index (χ0v) is 19.8. The molecule has 1 N–H and O–H groups in total. The number of rotatable bonds is 9. The van der Waals surface area contributed by atoms with Gasteiger partial charge in [0.25, 0.3) is 5.91 Å². The van der Waals surface area contributed by atoms with Crippen LogP contribution < -0.4 is 5.32 Å². The van der Waals surface area contributed by atoms with Crippen LogP contribution in [0.2, 0.25) is 0 Å². The number of nitrogens with one attached hydrogen (secondary N) is 1. The van der Waals surface area contributed by atoms with Gasteiger partial charge in [-0.25, -0.2) is 4.98 Å². The van der Waals surface area contributed by atoms with E-state index >= 15 is 0 Å². The van der Waals surface area contributed by atoms with Crippen LogP contribution in [0.15, 0.2) is 72.8 Å². The predicted octanol–water partition coefficient (Wildman–Crippen LogP) is 6.27. The number of aromatic nitrogens is 2. The van der Waals surface area contributed by atoms with Crippen LogP contribution in [0, 0.1) is 6.92 Å². The first-order valence-electron chi connectivity index (χ1n) is 11.9. The lowest BCUT2D eigenvalue weighted by Crippen LogP contribution is -2.25. The summed E-state index contributed by atoms with van der Waals surface area (Å²) >= 11 is 0. The molecule has 170 valence electrons. The summed E-state index contributed by atoms with van der Waals surface area (Å²) < 4.78 is 2.31. The molecular weight excluding hydrogens is 406 g/mol. The Bertz CT molecular complexity index is 1210. The van der Waals surface area contributed by atoms with Crippen LogP contribution in [-0.4, -0.2) is 22.0 Å². The highest BCUT2D eigenvalue weighted by molar-refractivity contribution is 5.94. The maximum Gasteiger partial charge on any atom is 0.251 e. The zero-order chi connectivity index (χ0) is 23.2. The quantitative estimate of drug-likeness (QED) is 0.313. The highest BCUT2D eigenvalue weighted by Gasteiger charge is 2.12. The summed E-state index contributed by atoms with van der Waals surface area (Å²) in [6, 6.07) is 25.0. The monoisotopic (exact) mass is 439 g/mol. The standard InChI is InChI=1S/C29H33N3O/c1-4-22(3)24-17-13-23(14-18-24)20-32-27-9-6-5-8-26(27)31-28(32)10-7-19-30-29(33)25-15-11-21(2)12-16-25/h5-6,8-9,11-18,22H,4,7,10,19-20H2,1-3H3,(H,30,33). The number of hydrogen-bond donors (Lipinski definition) is 1. The molecule has 1 unspecified atom stereocenters. The van der Waals surface area contributed by atoms with Crippen molar-refractivity contribution in [2.45, 2.75) is 52.5 Å². The Balaban J connectivity index is 1.43. The molecule has 0 spiro atoms. The minimum absolute atomic E-state index is 0.0232. The number of hydrogen-bond acceptors (Lipinski definition) is 2. The normalized spacial score (nSPS) is 12.1. The molecule has 0 bridgehead atoms. The SMILES string of the molecule is CCC(C)c1ccc(Cn2c(CCCNC(=O)c3ccc(C)cc3)nc3ccccc32)cc1. The van der Waals surface area contributed by atoms with Crippen LogP contribution in [0.4, 0.5) is 0 Å². The molecule has 4 nitrogen and oxygen atoms in total. The van der Waals surface area contributed by atoms with Gasteiger partial charge in [0.15, 0.2) is 0 Å². The third-order valence-corrected chi connectivity index (χ3v) is 6.41. The summed E-state index contributed by atoms with van der Waals surface area (Å²) in [4.78, 5) is 17.3. The van der Waals surface area contributed by atoms with E-state index in [1.165, 1.54) is 11.1 Å². The third kappa shape index (κ3) is 5.51. The van der Waals surface area contributed by atoms with E-state index in [4.69, 9.17) is 4.98 Å². The number of carbonyl (C=O) groups is 1. The van der Waals surface area contributed by atoms with Gasteiger partial charge in [-0.3, -0.25) is 4.79 Å². The summed E-state index contributed by atoms with van der Waals surface area (Å²) in [7, 11) is 0. The summed E-state index contributed by atoms with van der Waals surface area (Å²) in [6.07, 6.45) is 2.80. The fraction of sp³-hybridized carbons (Fsp3) is 0.310. The van der Waals surface area contributed by atoms with Crippen molar-refractivity contribution in [2.75, 3.05) is 6.54 Å². The number of fused-ring (bicyclic) bond motifs is 1. The largest absolute Gasteiger partial charge is 0.352 e. The van der Waals surface area contributed by atoms with Gasteiger partial charge in [-0.15, -0.1) is 0 Å². The van der Waals surface area contributed by atoms with Crippen molar-refractivity contribution in [3.63, 3.8) is 0 Å². The molecule has 0 aliphatic carbocycles. The Morgan fingerprint density at radius 2 is 1.73 bits per heavy atom. The molecule has 4 rings (SSSR count). The lowest BCUT2D eigenvalue weighted by atomic mass is 9.97. The molecule has 1 atom stereocenters. The van der Waals surface area contributed by atoms with Crippen LogP contribution in [-0.2, 0) is 13.0 Å². The number of aryl methyl sites for hydroxylation is 2. The molecule has 1 heterocycles. The molecule has 0 aliphatic heterocycles. The van der Waals surface area contributed by atoms with Gasteiger partial charge in [0.1, 0.15) is 5.82 Å². The second kappa shape index (κ2) is 10.5. The summed E-state index contributed by atoms with van der Waals surface area (Å²) in [5.74, 6) is 1.62. The van der Waals surface area contributed by atoms with E-state index in [0.717, 1.165) is 48.2 Å². The van der Waals surface area contributed by atoms with Crippen LogP contribution in [0.1, 0.15) is 65.5 Å².